The Kier molecular flexibility index (Phi) is 3.64. The third-order valence-electron chi connectivity index (χ3n) is 4.51. The fraction of sp³-hybridized carbons (Fsp3) is 0.235. The SMILES string of the molecule is Cn1c(=O)c2[nH]c(NCCc3c[nH]c4cc(F)ccc34)nc2n(C)c1=O. The smallest absolute Gasteiger partial charge is 0.332 e. The van der Waals surface area contributed by atoms with Gasteiger partial charge in [-0.3, -0.25) is 13.9 Å². The lowest BCUT2D eigenvalue weighted by atomic mass is 10.1. The highest BCUT2D eigenvalue weighted by Gasteiger charge is 2.13. The van der Waals surface area contributed by atoms with Gasteiger partial charge in [0, 0.05) is 37.7 Å². The predicted molar refractivity (Wildman–Crippen MR) is 97.0 cm³/mol. The number of hydrogen-bond acceptors (Lipinski definition) is 4. The molecule has 0 aliphatic carbocycles. The van der Waals surface area contributed by atoms with Crippen LogP contribution in [0, 0.1) is 5.82 Å². The molecule has 0 saturated carbocycles. The van der Waals surface area contributed by atoms with Crippen molar-refractivity contribution in [2.45, 2.75) is 6.42 Å². The molecule has 1 aromatic carbocycles. The first-order valence-corrected chi connectivity index (χ1v) is 8.11. The van der Waals surface area contributed by atoms with E-state index in [0.717, 1.165) is 21.0 Å². The Bertz CT molecular complexity index is 1250. The molecule has 26 heavy (non-hydrogen) atoms. The fourth-order valence-electron chi connectivity index (χ4n) is 3.09. The number of aromatic amines is 2. The molecule has 0 aliphatic rings. The van der Waals surface area contributed by atoms with Crippen LogP contribution in [0.1, 0.15) is 5.56 Å². The Balaban J connectivity index is 1.56. The number of fused-ring (bicyclic) bond motifs is 2. The van der Waals surface area contributed by atoms with Crippen LogP contribution in [0.25, 0.3) is 22.1 Å². The zero-order chi connectivity index (χ0) is 18.4. The highest BCUT2D eigenvalue weighted by atomic mass is 19.1. The molecule has 0 atom stereocenters. The van der Waals surface area contributed by atoms with E-state index in [2.05, 4.69) is 20.3 Å². The quantitative estimate of drug-likeness (QED) is 0.512. The molecule has 9 heteroatoms. The van der Waals surface area contributed by atoms with Crippen LogP contribution in [0.15, 0.2) is 34.0 Å². The van der Waals surface area contributed by atoms with Crippen LogP contribution in [-0.4, -0.2) is 30.6 Å². The molecule has 3 heterocycles. The van der Waals surface area contributed by atoms with Crippen LogP contribution in [0.3, 0.4) is 0 Å². The summed E-state index contributed by atoms with van der Waals surface area (Å²) in [5, 5.41) is 4.09. The molecule has 3 aromatic heterocycles. The van der Waals surface area contributed by atoms with E-state index in [1.807, 2.05) is 6.20 Å². The lowest BCUT2D eigenvalue weighted by molar-refractivity contribution is 0.629. The molecule has 0 spiro atoms. The van der Waals surface area contributed by atoms with E-state index in [4.69, 9.17) is 0 Å². The van der Waals surface area contributed by atoms with Crippen LogP contribution < -0.4 is 16.6 Å². The van der Waals surface area contributed by atoms with E-state index < -0.39 is 11.2 Å². The van der Waals surface area contributed by atoms with E-state index >= 15 is 0 Å². The van der Waals surface area contributed by atoms with Crippen molar-refractivity contribution in [1.82, 2.24) is 24.1 Å². The normalized spacial score (nSPS) is 11.5. The second-order valence-electron chi connectivity index (χ2n) is 6.17. The summed E-state index contributed by atoms with van der Waals surface area (Å²) in [4.78, 5) is 34.4. The van der Waals surface area contributed by atoms with Gasteiger partial charge in [0.1, 0.15) is 5.82 Å². The lowest BCUT2D eigenvalue weighted by Gasteiger charge is -2.02. The van der Waals surface area contributed by atoms with Crippen LogP contribution in [-0.2, 0) is 20.5 Å². The largest absolute Gasteiger partial charge is 0.361 e. The molecule has 0 saturated heterocycles. The number of hydrogen-bond donors (Lipinski definition) is 3. The van der Waals surface area contributed by atoms with Gasteiger partial charge >= 0.3 is 5.69 Å². The number of H-pyrrole nitrogens is 2. The Morgan fingerprint density at radius 3 is 2.85 bits per heavy atom. The van der Waals surface area contributed by atoms with Gasteiger partial charge in [-0.2, -0.15) is 4.98 Å². The molecule has 4 aromatic rings. The molecule has 0 radical (unpaired) electrons. The average molecular weight is 356 g/mol. The Morgan fingerprint density at radius 1 is 1.23 bits per heavy atom. The molecule has 0 amide bonds. The number of anilines is 1. The zero-order valence-electron chi connectivity index (χ0n) is 14.3. The van der Waals surface area contributed by atoms with Gasteiger partial charge < -0.3 is 15.3 Å². The number of imidazole rings is 1. The molecule has 0 unspecified atom stereocenters. The van der Waals surface area contributed by atoms with Crippen LogP contribution >= 0.6 is 0 Å². The Hall–Kier alpha value is -3.36. The lowest BCUT2D eigenvalue weighted by Crippen LogP contribution is -2.36. The molecular formula is C17H17FN6O2. The third kappa shape index (κ3) is 2.48. The van der Waals surface area contributed by atoms with Gasteiger partial charge in [-0.1, -0.05) is 0 Å². The molecule has 0 bridgehead atoms. The minimum absolute atomic E-state index is 0.277. The summed E-state index contributed by atoms with van der Waals surface area (Å²) in [5.41, 5.74) is 1.55. The molecule has 0 fully saturated rings. The van der Waals surface area contributed by atoms with Crippen LogP contribution in [0.2, 0.25) is 0 Å². The molecule has 0 aliphatic heterocycles. The summed E-state index contributed by atoms with van der Waals surface area (Å²) < 4.78 is 15.6. The van der Waals surface area contributed by atoms with Crippen molar-refractivity contribution in [2.75, 3.05) is 11.9 Å². The molecular weight excluding hydrogens is 339 g/mol. The Morgan fingerprint density at radius 2 is 2.04 bits per heavy atom. The highest BCUT2D eigenvalue weighted by Crippen LogP contribution is 2.19. The van der Waals surface area contributed by atoms with Crippen LogP contribution in [0.5, 0.6) is 0 Å². The number of rotatable bonds is 4. The zero-order valence-corrected chi connectivity index (χ0v) is 14.3. The maximum absolute atomic E-state index is 13.2. The van der Waals surface area contributed by atoms with Gasteiger partial charge in [-0.05, 0) is 30.2 Å². The van der Waals surface area contributed by atoms with E-state index in [1.54, 1.807) is 13.1 Å². The van der Waals surface area contributed by atoms with Gasteiger partial charge in [0.25, 0.3) is 5.56 Å². The van der Waals surface area contributed by atoms with Crippen LogP contribution in [0.4, 0.5) is 10.3 Å². The van der Waals surface area contributed by atoms with Gasteiger partial charge in [0.2, 0.25) is 5.95 Å². The van der Waals surface area contributed by atoms with Crippen molar-refractivity contribution < 1.29 is 4.39 Å². The van der Waals surface area contributed by atoms with Gasteiger partial charge in [0.15, 0.2) is 11.2 Å². The summed E-state index contributed by atoms with van der Waals surface area (Å²) in [5.74, 6) is 0.141. The van der Waals surface area contributed by atoms with Crippen molar-refractivity contribution in [3.8, 4) is 0 Å². The number of halogens is 1. The number of aromatic nitrogens is 5. The minimum atomic E-state index is -0.424. The monoisotopic (exact) mass is 356 g/mol. The summed E-state index contributed by atoms with van der Waals surface area (Å²) >= 11 is 0. The Labute approximate surface area is 146 Å². The van der Waals surface area contributed by atoms with Gasteiger partial charge in [0.05, 0.1) is 0 Å². The van der Waals surface area contributed by atoms with E-state index in [1.165, 1.54) is 23.7 Å². The standard InChI is InChI=1S/C17H17FN6O2/c1-23-14-13(15(25)24(2)17(23)26)21-16(22-14)19-6-5-9-8-20-12-7-10(18)3-4-11(9)12/h3-4,7-8,20H,5-6H2,1-2H3,(H2,19,21,22). The van der Waals surface area contributed by atoms with Crippen molar-refractivity contribution in [1.29, 1.82) is 0 Å². The summed E-state index contributed by atoms with van der Waals surface area (Å²) in [6.07, 6.45) is 2.53. The highest BCUT2D eigenvalue weighted by molar-refractivity contribution is 5.83. The first kappa shape index (κ1) is 16.1. The maximum Gasteiger partial charge on any atom is 0.332 e. The van der Waals surface area contributed by atoms with Crippen molar-refractivity contribution in [3.05, 3.63) is 56.6 Å². The maximum atomic E-state index is 13.2. The fourth-order valence-corrected chi connectivity index (χ4v) is 3.09. The first-order valence-electron chi connectivity index (χ1n) is 8.11. The number of nitrogens with zero attached hydrogens (tertiary/aromatic N) is 3. The van der Waals surface area contributed by atoms with E-state index in [0.29, 0.717) is 24.6 Å². The van der Waals surface area contributed by atoms with E-state index in [9.17, 15) is 14.0 Å². The second kappa shape index (κ2) is 5.87. The molecule has 8 nitrogen and oxygen atoms in total. The summed E-state index contributed by atoms with van der Waals surface area (Å²) in [6, 6.07) is 4.64. The molecule has 134 valence electrons. The first-order chi connectivity index (χ1) is 12.5. The summed E-state index contributed by atoms with van der Waals surface area (Å²) in [6.45, 7) is 0.554. The third-order valence-corrected chi connectivity index (χ3v) is 4.51. The molecule has 4 rings (SSSR count). The molecule has 3 N–H and O–H groups in total. The number of nitrogens with one attached hydrogen (secondary N) is 3. The van der Waals surface area contributed by atoms with Gasteiger partial charge in [-0.15, -0.1) is 0 Å². The predicted octanol–water partition coefficient (Wildman–Crippen LogP) is 1.24. The topological polar surface area (TPSA) is 100 Å². The number of benzene rings is 1. The van der Waals surface area contributed by atoms with Crippen molar-refractivity contribution in [2.24, 2.45) is 14.1 Å². The number of aryl methyl sites for hydroxylation is 1. The second-order valence-corrected chi connectivity index (χ2v) is 6.17. The average Bonchev–Trinajstić information content (AvgIpc) is 3.22. The summed E-state index contributed by atoms with van der Waals surface area (Å²) in [7, 11) is 3.00. The minimum Gasteiger partial charge on any atom is -0.361 e. The van der Waals surface area contributed by atoms with Crippen molar-refractivity contribution in [3.63, 3.8) is 0 Å². The van der Waals surface area contributed by atoms with Gasteiger partial charge in [-0.25, -0.2) is 9.18 Å². The van der Waals surface area contributed by atoms with Crippen molar-refractivity contribution >= 4 is 28.0 Å². The van der Waals surface area contributed by atoms with E-state index in [-0.39, 0.29) is 11.3 Å².